The second-order valence-corrected chi connectivity index (χ2v) is 6.55. The summed E-state index contributed by atoms with van der Waals surface area (Å²) in [5.74, 6) is 0.125. The molecular weight excluding hydrogens is 362 g/mol. The summed E-state index contributed by atoms with van der Waals surface area (Å²) in [6.45, 7) is 0. The number of hydrogen-bond acceptors (Lipinski definition) is 3. The Morgan fingerprint density at radius 3 is 1.90 bits per heavy atom. The molecule has 1 amide bonds. The summed E-state index contributed by atoms with van der Waals surface area (Å²) in [5.41, 5.74) is 3.09. The van der Waals surface area contributed by atoms with Crippen molar-refractivity contribution in [3.63, 3.8) is 0 Å². The van der Waals surface area contributed by atoms with Gasteiger partial charge in [-0.15, -0.1) is 0 Å². The topological polar surface area (TPSA) is 56.2 Å². The van der Waals surface area contributed by atoms with Crippen LogP contribution in [0.15, 0.2) is 97.2 Å². The number of ether oxygens (including phenoxy) is 1. The number of methoxy groups -OCH3 is 1. The van der Waals surface area contributed by atoms with Crippen LogP contribution in [-0.4, -0.2) is 22.8 Å². The van der Waals surface area contributed by atoms with E-state index in [4.69, 9.17) is 4.74 Å². The van der Waals surface area contributed by atoms with Crippen LogP contribution in [0.4, 0.5) is 0 Å². The van der Waals surface area contributed by atoms with Gasteiger partial charge in [-0.1, -0.05) is 78.9 Å². The Labute approximate surface area is 169 Å². The lowest BCUT2D eigenvalue weighted by Crippen LogP contribution is -2.30. The van der Waals surface area contributed by atoms with Gasteiger partial charge >= 0.3 is 0 Å². The van der Waals surface area contributed by atoms with Gasteiger partial charge in [-0.2, -0.15) is 5.10 Å². The van der Waals surface area contributed by atoms with Crippen LogP contribution in [0.1, 0.15) is 27.7 Å². The average molecular weight is 383 g/mol. The highest BCUT2D eigenvalue weighted by atomic mass is 16.5. The molecule has 0 saturated heterocycles. The largest absolute Gasteiger partial charge is 0.493 e. The molecule has 1 heterocycles. The molecule has 0 unspecified atom stereocenters. The lowest BCUT2D eigenvalue weighted by molar-refractivity contribution is 0.0934. The molecule has 0 radical (unpaired) electrons. The lowest BCUT2D eigenvalue weighted by Gasteiger charge is -2.19. The van der Waals surface area contributed by atoms with Gasteiger partial charge in [0.25, 0.3) is 5.91 Å². The second-order valence-electron chi connectivity index (χ2n) is 6.55. The van der Waals surface area contributed by atoms with Gasteiger partial charge < -0.3 is 10.1 Å². The van der Waals surface area contributed by atoms with Gasteiger partial charge in [0, 0.05) is 0 Å². The van der Waals surface area contributed by atoms with E-state index in [2.05, 4.69) is 10.4 Å². The normalized spacial score (nSPS) is 10.7. The van der Waals surface area contributed by atoms with Crippen molar-refractivity contribution in [2.24, 2.45) is 0 Å². The SMILES string of the molecule is COc1cn(-c2ccccc2)nc1C(=O)NC(c1ccccc1)c1ccccc1. The number of rotatable bonds is 6. The highest BCUT2D eigenvalue weighted by Crippen LogP contribution is 2.24. The Kier molecular flexibility index (Phi) is 5.38. The molecule has 0 aliphatic rings. The minimum atomic E-state index is -0.297. The van der Waals surface area contributed by atoms with Crippen LogP contribution in [0, 0.1) is 0 Å². The summed E-state index contributed by atoms with van der Waals surface area (Å²) in [7, 11) is 1.54. The van der Waals surface area contributed by atoms with Crippen LogP contribution in [0.2, 0.25) is 0 Å². The average Bonchev–Trinajstić information content (AvgIpc) is 3.24. The molecule has 0 aliphatic heterocycles. The van der Waals surface area contributed by atoms with E-state index in [-0.39, 0.29) is 17.6 Å². The molecule has 29 heavy (non-hydrogen) atoms. The second kappa shape index (κ2) is 8.44. The molecule has 0 aliphatic carbocycles. The summed E-state index contributed by atoms with van der Waals surface area (Å²) < 4.78 is 7.06. The highest BCUT2D eigenvalue weighted by molar-refractivity contribution is 5.95. The number of nitrogens with zero attached hydrogens (tertiary/aromatic N) is 2. The van der Waals surface area contributed by atoms with Crippen LogP contribution in [0.25, 0.3) is 5.69 Å². The molecule has 0 fully saturated rings. The molecule has 0 atom stereocenters. The number of hydrogen-bond donors (Lipinski definition) is 1. The maximum atomic E-state index is 13.2. The molecular formula is C24H21N3O2. The van der Waals surface area contributed by atoms with E-state index in [1.165, 1.54) is 7.11 Å². The molecule has 4 aromatic rings. The molecule has 4 rings (SSSR count). The Morgan fingerprint density at radius 2 is 1.38 bits per heavy atom. The van der Waals surface area contributed by atoms with Crippen molar-refractivity contribution in [1.82, 2.24) is 15.1 Å². The zero-order valence-electron chi connectivity index (χ0n) is 16.0. The Bertz CT molecular complexity index is 1040. The molecule has 1 aromatic heterocycles. The van der Waals surface area contributed by atoms with E-state index in [0.717, 1.165) is 16.8 Å². The summed E-state index contributed by atoms with van der Waals surface area (Å²) in [6.07, 6.45) is 1.71. The van der Waals surface area contributed by atoms with Crippen molar-refractivity contribution in [2.75, 3.05) is 7.11 Å². The zero-order chi connectivity index (χ0) is 20.1. The number of carbonyl (C=O) groups is 1. The first-order chi connectivity index (χ1) is 14.3. The molecule has 0 saturated carbocycles. The maximum Gasteiger partial charge on any atom is 0.276 e. The van der Waals surface area contributed by atoms with E-state index in [1.807, 2.05) is 91.0 Å². The van der Waals surface area contributed by atoms with Crippen molar-refractivity contribution in [2.45, 2.75) is 6.04 Å². The van der Waals surface area contributed by atoms with E-state index < -0.39 is 0 Å². The zero-order valence-corrected chi connectivity index (χ0v) is 16.0. The molecule has 144 valence electrons. The Hall–Kier alpha value is -3.86. The van der Waals surface area contributed by atoms with Crippen molar-refractivity contribution in [1.29, 1.82) is 0 Å². The van der Waals surface area contributed by atoms with Gasteiger partial charge in [0.1, 0.15) is 0 Å². The predicted octanol–water partition coefficient (Wildman–Crippen LogP) is 4.40. The van der Waals surface area contributed by atoms with Crippen molar-refractivity contribution in [3.8, 4) is 11.4 Å². The first-order valence-electron chi connectivity index (χ1n) is 9.36. The third-order valence-corrected chi connectivity index (χ3v) is 4.68. The first-order valence-corrected chi connectivity index (χ1v) is 9.36. The fourth-order valence-electron chi connectivity index (χ4n) is 3.23. The van der Waals surface area contributed by atoms with Gasteiger partial charge in [0.15, 0.2) is 11.4 Å². The van der Waals surface area contributed by atoms with E-state index >= 15 is 0 Å². The van der Waals surface area contributed by atoms with Crippen LogP contribution >= 0.6 is 0 Å². The van der Waals surface area contributed by atoms with E-state index in [9.17, 15) is 4.79 Å². The smallest absolute Gasteiger partial charge is 0.276 e. The first kappa shape index (κ1) is 18.5. The minimum Gasteiger partial charge on any atom is -0.493 e. The highest BCUT2D eigenvalue weighted by Gasteiger charge is 2.23. The quantitative estimate of drug-likeness (QED) is 0.537. The third-order valence-electron chi connectivity index (χ3n) is 4.68. The standard InChI is InChI=1S/C24H21N3O2/c1-29-21-17-27(20-15-9-4-10-16-20)26-23(21)24(28)25-22(18-11-5-2-6-12-18)19-13-7-3-8-14-19/h2-17,22H,1H3,(H,25,28). The molecule has 0 spiro atoms. The van der Waals surface area contributed by atoms with Crippen LogP contribution in [0.5, 0.6) is 5.75 Å². The summed E-state index contributed by atoms with van der Waals surface area (Å²) >= 11 is 0. The summed E-state index contributed by atoms with van der Waals surface area (Å²) in [5, 5.41) is 7.58. The number of nitrogens with one attached hydrogen (secondary N) is 1. The van der Waals surface area contributed by atoms with Crippen molar-refractivity contribution < 1.29 is 9.53 Å². The fraction of sp³-hybridized carbons (Fsp3) is 0.0833. The van der Waals surface area contributed by atoms with Crippen LogP contribution in [-0.2, 0) is 0 Å². The van der Waals surface area contributed by atoms with Gasteiger partial charge in [-0.3, -0.25) is 4.79 Å². The fourth-order valence-corrected chi connectivity index (χ4v) is 3.23. The van der Waals surface area contributed by atoms with E-state index in [1.54, 1.807) is 10.9 Å². The number of aromatic nitrogens is 2. The number of para-hydroxylation sites is 1. The van der Waals surface area contributed by atoms with Gasteiger partial charge in [-0.25, -0.2) is 4.68 Å². The number of carbonyl (C=O) groups excluding carboxylic acids is 1. The van der Waals surface area contributed by atoms with Crippen LogP contribution in [0.3, 0.4) is 0 Å². The third kappa shape index (κ3) is 4.04. The van der Waals surface area contributed by atoms with Crippen molar-refractivity contribution in [3.05, 3.63) is 114 Å². The van der Waals surface area contributed by atoms with Crippen LogP contribution < -0.4 is 10.1 Å². The van der Waals surface area contributed by atoms with E-state index in [0.29, 0.717) is 5.75 Å². The molecule has 5 nitrogen and oxygen atoms in total. The van der Waals surface area contributed by atoms with Gasteiger partial charge in [0.2, 0.25) is 0 Å². The minimum absolute atomic E-state index is 0.244. The van der Waals surface area contributed by atoms with Crippen molar-refractivity contribution >= 4 is 5.91 Å². The summed E-state index contributed by atoms with van der Waals surface area (Å²) in [6, 6.07) is 29.1. The monoisotopic (exact) mass is 383 g/mol. The van der Waals surface area contributed by atoms with Gasteiger partial charge in [-0.05, 0) is 23.3 Å². The number of amides is 1. The Balaban J connectivity index is 1.67. The number of benzene rings is 3. The predicted molar refractivity (Wildman–Crippen MR) is 112 cm³/mol. The lowest BCUT2D eigenvalue weighted by atomic mass is 9.98. The van der Waals surface area contributed by atoms with Gasteiger partial charge in [0.05, 0.1) is 25.0 Å². The molecule has 5 heteroatoms. The summed E-state index contributed by atoms with van der Waals surface area (Å²) in [4.78, 5) is 13.2. The molecule has 1 N–H and O–H groups in total. The molecule has 3 aromatic carbocycles. The molecule has 0 bridgehead atoms. The Morgan fingerprint density at radius 1 is 0.862 bits per heavy atom. The maximum absolute atomic E-state index is 13.2.